The van der Waals surface area contributed by atoms with Crippen LogP contribution in [-0.4, -0.2) is 60.7 Å². The van der Waals surface area contributed by atoms with E-state index in [1.54, 1.807) is 6.07 Å². The van der Waals surface area contributed by atoms with Crippen molar-refractivity contribution in [1.82, 2.24) is 10.2 Å². The molecule has 1 aromatic rings. The van der Waals surface area contributed by atoms with Gasteiger partial charge in [0, 0.05) is 49.9 Å². The number of halogens is 1. The summed E-state index contributed by atoms with van der Waals surface area (Å²) in [7, 11) is 0. The van der Waals surface area contributed by atoms with Crippen LogP contribution in [0.15, 0.2) is 24.3 Å². The monoisotopic (exact) mass is 406 g/mol. The van der Waals surface area contributed by atoms with Crippen molar-refractivity contribution in [2.75, 3.05) is 44.4 Å². The maximum atomic E-state index is 13.9. The van der Waals surface area contributed by atoms with E-state index in [0.29, 0.717) is 32.6 Å². The van der Waals surface area contributed by atoms with Crippen molar-refractivity contribution in [1.29, 1.82) is 0 Å². The average molecular weight is 407 g/mol. The highest BCUT2D eigenvalue weighted by Gasteiger charge is 2.45. The number of ether oxygens (including phenoxy) is 1. The molecule has 4 nitrogen and oxygen atoms in total. The van der Waals surface area contributed by atoms with Gasteiger partial charge in [-0.15, -0.1) is 0 Å². The predicted molar refractivity (Wildman–Crippen MR) is 111 cm³/mol. The van der Waals surface area contributed by atoms with E-state index in [1.165, 1.54) is 36.5 Å². The van der Waals surface area contributed by atoms with E-state index in [-0.39, 0.29) is 17.3 Å². The van der Waals surface area contributed by atoms with E-state index in [2.05, 4.69) is 10.2 Å². The minimum Gasteiger partial charge on any atom is -0.381 e. The maximum absolute atomic E-state index is 13.9. The molecule has 3 aliphatic rings. The van der Waals surface area contributed by atoms with E-state index < -0.39 is 5.41 Å². The normalized spacial score (nSPS) is 24.8. The van der Waals surface area contributed by atoms with Crippen LogP contribution in [0.3, 0.4) is 0 Å². The van der Waals surface area contributed by atoms with Gasteiger partial charge in [-0.2, -0.15) is 11.8 Å². The summed E-state index contributed by atoms with van der Waals surface area (Å²) in [5.41, 5.74) is 0.200. The molecular weight excluding hydrogens is 375 g/mol. The Hall–Kier alpha value is -1.11. The predicted octanol–water partition coefficient (Wildman–Crippen LogP) is 3.35. The van der Waals surface area contributed by atoms with Crippen molar-refractivity contribution in [3.63, 3.8) is 0 Å². The minimum atomic E-state index is -0.683. The lowest BCUT2D eigenvalue weighted by Gasteiger charge is -2.44. The maximum Gasteiger partial charge on any atom is 0.230 e. The highest BCUT2D eigenvalue weighted by molar-refractivity contribution is 7.99. The van der Waals surface area contributed by atoms with Gasteiger partial charge in [0.05, 0.1) is 5.41 Å². The fraction of sp³-hybridized carbons (Fsp3) is 0.682. The number of carbonyl (C=O) groups is 1. The smallest absolute Gasteiger partial charge is 0.230 e. The first-order valence-corrected chi connectivity index (χ1v) is 11.8. The summed E-state index contributed by atoms with van der Waals surface area (Å²) in [4.78, 5) is 16.1. The van der Waals surface area contributed by atoms with Gasteiger partial charge in [-0.3, -0.25) is 9.69 Å². The fourth-order valence-corrected chi connectivity index (χ4v) is 6.15. The number of nitrogens with one attached hydrogen (secondary N) is 1. The highest BCUT2D eigenvalue weighted by atomic mass is 32.2. The fourth-order valence-electron chi connectivity index (χ4n) is 5.24. The molecule has 0 aromatic heterocycles. The van der Waals surface area contributed by atoms with Gasteiger partial charge in [-0.1, -0.05) is 25.0 Å². The summed E-state index contributed by atoms with van der Waals surface area (Å²) in [6, 6.07) is 6.56. The van der Waals surface area contributed by atoms with Gasteiger partial charge in [-0.05, 0) is 43.4 Å². The third kappa shape index (κ3) is 3.96. The molecule has 28 heavy (non-hydrogen) atoms. The molecule has 2 heterocycles. The Balaban J connectivity index is 1.52. The van der Waals surface area contributed by atoms with Crippen molar-refractivity contribution in [3.8, 4) is 0 Å². The molecule has 0 unspecified atom stereocenters. The number of hydrogen-bond acceptors (Lipinski definition) is 4. The average Bonchev–Trinajstić information content (AvgIpc) is 3.23. The van der Waals surface area contributed by atoms with Crippen LogP contribution in [0.5, 0.6) is 0 Å². The van der Waals surface area contributed by atoms with Crippen molar-refractivity contribution in [2.45, 2.75) is 49.5 Å². The van der Waals surface area contributed by atoms with Gasteiger partial charge in [0.15, 0.2) is 0 Å². The van der Waals surface area contributed by atoms with Crippen molar-refractivity contribution >= 4 is 17.7 Å². The molecule has 0 bridgehead atoms. The van der Waals surface area contributed by atoms with Crippen LogP contribution in [0.2, 0.25) is 0 Å². The third-order valence-corrected chi connectivity index (χ3v) is 7.89. The largest absolute Gasteiger partial charge is 0.381 e. The molecule has 1 amide bonds. The Kier molecular flexibility index (Phi) is 6.28. The quantitative estimate of drug-likeness (QED) is 0.814. The van der Waals surface area contributed by atoms with Gasteiger partial charge in [0.25, 0.3) is 0 Å². The molecule has 3 fully saturated rings. The molecule has 2 aliphatic heterocycles. The Morgan fingerprint density at radius 3 is 2.54 bits per heavy atom. The van der Waals surface area contributed by atoms with Crippen LogP contribution in [0.1, 0.15) is 44.1 Å². The summed E-state index contributed by atoms with van der Waals surface area (Å²) in [5.74, 6) is 2.12. The van der Waals surface area contributed by atoms with Crippen LogP contribution in [0.25, 0.3) is 0 Å². The van der Waals surface area contributed by atoms with Crippen LogP contribution in [-0.2, 0) is 14.9 Å². The molecule has 2 saturated heterocycles. The van der Waals surface area contributed by atoms with Gasteiger partial charge in [0.1, 0.15) is 5.82 Å². The number of carbonyl (C=O) groups excluding carboxylic acids is 1. The summed E-state index contributed by atoms with van der Waals surface area (Å²) in [6.45, 7) is 4.01. The number of nitrogens with zero attached hydrogens (tertiary/aromatic N) is 1. The van der Waals surface area contributed by atoms with Crippen molar-refractivity contribution < 1.29 is 13.9 Å². The Bertz CT molecular complexity index is 681. The topological polar surface area (TPSA) is 41.6 Å². The zero-order chi connectivity index (χ0) is 19.5. The van der Waals surface area contributed by atoms with Gasteiger partial charge < -0.3 is 10.1 Å². The molecule has 1 N–H and O–H groups in total. The summed E-state index contributed by atoms with van der Waals surface area (Å²) in [5, 5.41) is 3.33. The van der Waals surface area contributed by atoms with Crippen LogP contribution < -0.4 is 5.32 Å². The number of rotatable bonds is 5. The summed E-state index contributed by atoms with van der Waals surface area (Å²) >= 11 is 2.02. The first kappa shape index (κ1) is 20.2. The molecule has 1 aromatic carbocycles. The SMILES string of the molecule is O=C(NCC1(N2CCSCC2)CCCC1)C1(c2cccc(F)c2)CCOCC1. The van der Waals surface area contributed by atoms with Crippen LogP contribution in [0, 0.1) is 5.82 Å². The Labute approximate surface area is 171 Å². The first-order valence-electron chi connectivity index (χ1n) is 10.6. The zero-order valence-electron chi connectivity index (χ0n) is 16.6. The molecule has 0 radical (unpaired) electrons. The lowest BCUT2D eigenvalue weighted by molar-refractivity contribution is -0.131. The molecule has 0 atom stereocenters. The first-order chi connectivity index (χ1) is 13.6. The zero-order valence-corrected chi connectivity index (χ0v) is 17.4. The lowest BCUT2D eigenvalue weighted by Crippen LogP contribution is -2.58. The van der Waals surface area contributed by atoms with Gasteiger partial charge in [0.2, 0.25) is 5.91 Å². The number of thioether (sulfide) groups is 1. The highest BCUT2D eigenvalue weighted by Crippen LogP contribution is 2.38. The van der Waals surface area contributed by atoms with Crippen LogP contribution in [0.4, 0.5) is 4.39 Å². The number of benzene rings is 1. The second-order valence-electron chi connectivity index (χ2n) is 8.42. The van der Waals surface area contributed by atoms with Crippen molar-refractivity contribution in [2.24, 2.45) is 0 Å². The van der Waals surface area contributed by atoms with Gasteiger partial charge in [-0.25, -0.2) is 4.39 Å². The molecule has 154 valence electrons. The molecule has 4 rings (SSSR count). The second-order valence-corrected chi connectivity index (χ2v) is 9.64. The Morgan fingerprint density at radius 2 is 1.86 bits per heavy atom. The standard InChI is InChI=1S/C22H31FN2O2S/c23-19-5-3-4-18(16-19)22(8-12-27-13-9-22)20(26)24-17-21(6-1-2-7-21)25-10-14-28-15-11-25/h3-5,16H,1-2,6-15,17H2,(H,24,26). The Morgan fingerprint density at radius 1 is 1.14 bits per heavy atom. The second kappa shape index (κ2) is 8.72. The van der Waals surface area contributed by atoms with E-state index in [1.807, 2.05) is 17.8 Å². The van der Waals surface area contributed by atoms with Crippen molar-refractivity contribution in [3.05, 3.63) is 35.6 Å². The third-order valence-electron chi connectivity index (χ3n) is 6.95. The molecule has 6 heteroatoms. The molecule has 1 aliphatic carbocycles. The lowest BCUT2D eigenvalue weighted by atomic mass is 9.73. The van der Waals surface area contributed by atoms with E-state index in [4.69, 9.17) is 4.74 Å². The summed E-state index contributed by atoms with van der Waals surface area (Å²) < 4.78 is 19.5. The molecule has 1 saturated carbocycles. The van der Waals surface area contributed by atoms with E-state index in [9.17, 15) is 9.18 Å². The molecular formula is C22H31FN2O2S. The van der Waals surface area contributed by atoms with Crippen LogP contribution >= 0.6 is 11.8 Å². The summed E-state index contributed by atoms with van der Waals surface area (Å²) in [6.07, 6.45) is 6.01. The van der Waals surface area contributed by atoms with E-state index >= 15 is 0 Å². The minimum absolute atomic E-state index is 0.0408. The number of amides is 1. The van der Waals surface area contributed by atoms with E-state index in [0.717, 1.165) is 31.5 Å². The van der Waals surface area contributed by atoms with Gasteiger partial charge >= 0.3 is 0 Å². The number of hydrogen-bond donors (Lipinski definition) is 1. The molecule has 0 spiro atoms.